The van der Waals surface area contributed by atoms with E-state index in [9.17, 15) is 4.39 Å². The van der Waals surface area contributed by atoms with Crippen LogP contribution in [-0.2, 0) is 13.0 Å². The number of imidazole rings is 1. The van der Waals surface area contributed by atoms with E-state index in [-0.39, 0.29) is 5.82 Å². The van der Waals surface area contributed by atoms with Crippen molar-refractivity contribution in [2.45, 2.75) is 25.8 Å². The second-order valence-corrected chi connectivity index (χ2v) is 7.21. The molecule has 4 aromatic rings. The summed E-state index contributed by atoms with van der Waals surface area (Å²) in [6.45, 7) is 5.20. The van der Waals surface area contributed by atoms with Crippen LogP contribution in [0.3, 0.4) is 0 Å². The molecule has 0 aliphatic rings. The van der Waals surface area contributed by atoms with Crippen molar-refractivity contribution in [1.29, 1.82) is 0 Å². The van der Waals surface area contributed by atoms with Crippen molar-refractivity contribution in [3.05, 3.63) is 96.8 Å². The summed E-state index contributed by atoms with van der Waals surface area (Å²) in [5, 5.41) is 0. The Kier molecular flexibility index (Phi) is 6.23. The number of hydrogen-bond acceptors (Lipinski definition) is 2. The van der Waals surface area contributed by atoms with E-state index in [1.165, 1.54) is 6.07 Å². The van der Waals surface area contributed by atoms with Crippen molar-refractivity contribution in [2.75, 3.05) is 6.61 Å². The smallest absolute Gasteiger partial charge is 0.144 e. The third kappa shape index (κ3) is 4.28. The number of fused-ring (bicyclic) bond motifs is 1. The predicted molar refractivity (Wildman–Crippen MR) is 120 cm³/mol. The Bertz CT molecular complexity index is 1150. The van der Waals surface area contributed by atoms with Crippen molar-refractivity contribution in [3.63, 3.8) is 0 Å². The zero-order valence-corrected chi connectivity index (χ0v) is 16.9. The van der Waals surface area contributed by atoms with Gasteiger partial charge in [0.2, 0.25) is 0 Å². The number of halogens is 1. The minimum Gasteiger partial charge on any atom is -0.493 e. The zero-order valence-electron chi connectivity index (χ0n) is 16.9. The molecule has 0 aliphatic heterocycles. The molecule has 1 aromatic heterocycles. The summed E-state index contributed by atoms with van der Waals surface area (Å²) in [6, 6.07) is 22.8. The fraction of sp³-hybridized carbons (Fsp3) is 0.192. The van der Waals surface area contributed by atoms with Gasteiger partial charge in [0, 0.05) is 6.54 Å². The Labute approximate surface area is 176 Å². The fourth-order valence-electron chi connectivity index (χ4n) is 3.67. The molecular formula is C26H25FN2O. The molecule has 0 bridgehead atoms. The van der Waals surface area contributed by atoms with Crippen LogP contribution >= 0.6 is 0 Å². The minimum atomic E-state index is -0.254. The standard InChI is InChI=1S/C26H25FN2O/c1-2-11-20-12-3-8-17-25(20)30-19-10-9-18-29-24-16-7-6-15-23(24)28-26(29)21-13-4-5-14-22(21)27/h2-8,12-17H,1,9-11,18-19H2. The molecule has 0 radical (unpaired) electrons. The van der Waals surface area contributed by atoms with Gasteiger partial charge in [-0.15, -0.1) is 6.58 Å². The van der Waals surface area contributed by atoms with Crippen LogP contribution < -0.4 is 4.74 Å². The number of rotatable bonds is 9. The van der Waals surface area contributed by atoms with E-state index in [0.29, 0.717) is 18.0 Å². The zero-order chi connectivity index (χ0) is 20.8. The summed E-state index contributed by atoms with van der Waals surface area (Å²) >= 11 is 0. The van der Waals surface area contributed by atoms with E-state index < -0.39 is 0 Å². The second kappa shape index (κ2) is 9.40. The van der Waals surface area contributed by atoms with Gasteiger partial charge >= 0.3 is 0 Å². The molecule has 30 heavy (non-hydrogen) atoms. The lowest BCUT2D eigenvalue weighted by Crippen LogP contribution is -2.05. The molecule has 0 N–H and O–H groups in total. The van der Waals surface area contributed by atoms with E-state index in [0.717, 1.165) is 48.2 Å². The van der Waals surface area contributed by atoms with E-state index in [1.807, 2.05) is 54.6 Å². The van der Waals surface area contributed by atoms with Gasteiger partial charge in [-0.05, 0) is 55.2 Å². The van der Waals surface area contributed by atoms with Gasteiger partial charge in [-0.1, -0.05) is 48.5 Å². The average Bonchev–Trinajstić information content (AvgIpc) is 3.13. The maximum atomic E-state index is 14.4. The molecule has 3 nitrogen and oxygen atoms in total. The normalized spacial score (nSPS) is 11.0. The molecule has 0 spiro atoms. The molecule has 4 rings (SSSR count). The number of aromatic nitrogens is 2. The molecular weight excluding hydrogens is 375 g/mol. The molecule has 0 unspecified atom stereocenters. The second-order valence-electron chi connectivity index (χ2n) is 7.21. The molecule has 4 heteroatoms. The first-order valence-corrected chi connectivity index (χ1v) is 10.3. The lowest BCUT2D eigenvalue weighted by molar-refractivity contribution is 0.301. The highest BCUT2D eigenvalue weighted by Gasteiger charge is 2.15. The van der Waals surface area contributed by atoms with Gasteiger partial charge in [0.1, 0.15) is 17.4 Å². The summed E-state index contributed by atoms with van der Waals surface area (Å²) in [6.07, 6.45) is 4.48. The third-order valence-electron chi connectivity index (χ3n) is 5.14. The molecule has 0 fully saturated rings. The van der Waals surface area contributed by atoms with E-state index in [4.69, 9.17) is 9.72 Å². The number of unbranched alkanes of at least 4 members (excludes halogenated alkanes) is 1. The SMILES string of the molecule is C=CCc1ccccc1OCCCCn1c(-c2ccccc2F)nc2ccccc21. The van der Waals surface area contributed by atoms with Gasteiger partial charge in [-0.25, -0.2) is 9.37 Å². The molecule has 0 saturated heterocycles. The Morgan fingerprint density at radius 2 is 1.70 bits per heavy atom. The van der Waals surface area contributed by atoms with Crippen LogP contribution in [0.15, 0.2) is 85.5 Å². The minimum absolute atomic E-state index is 0.254. The van der Waals surface area contributed by atoms with Crippen LogP contribution in [0.1, 0.15) is 18.4 Å². The topological polar surface area (TPSA) is 27.1 Å². The number of benzene rings is 3. The molecule has 0 saturated carbocycles. The van der Waals surface area contributed by atoms with Crippen LogP contribution in [0.2, 0.25) is 0 Å². The summed E-state index contributed by atoms with van der Waals surface area (Å²) in [5.41, 5.74) is 3.58. The van der Waals surface area contributed by atoms with Crippen LogP contribution in [0.4, 0.5) is 4.39 Å². The van der Waals surface area contributed by atoms with Gasteiger partial charge in [0.15, 0.2) is 0 Å². The maximum Gasteiger partial charge on any atom is 0.144 e. The number of ether oxygens (including phenoxy) is 1. The summed E-state index contributed by atoms with van der Waals surface area (Å²) in [7, 11) is 0. The molecule has 3 aromatic carbocycles. The Balaban J connectivity index is 1.46. The summed E-state index contributed by atoms with van der Waals surface area (Å²) < 4.78 is 22.5. The molecule has 1 heterocycles. The molecule has 0 atom stereocenters. The molecule has 152 valence electrons. The van der Waals surface area contributed by atoms with E-state index >= 15 is 0 Å². The summed E-state index contributed by atoms with van der Waals surface area (Å²) in [4.78, 5) is 4.70. The van der Waals surface area contributed by atoms with Crippen LogP contribution in [0.25, 0.3) is 22.4 Å². The van der Waals surface area contributed by atoms with Crippen molar-refractivity contribution >= 4 is 11.0 Å². The number of allylic oxidation sites excluding steroid dienone is 1. The Morgan fingerprint density at radius 3 is 2.57 bits per heavy atom. The highest BCUT2D eigenvalue weighted by atomic mass is 19.1. The number of nitrogens with zero attached hydrogens (tertiary/aromatic N) is 2. The maximum absolute atomic E-state index is 14.4. The van der Waals surface area contributed by atoms with Gasteiger partial charge < -0.3 is 9.30 Å². The first-order valence-electron chi connectivity index (χ1n) is 10.3. The van der Waals surface area contributed by atoms with Crippen molar-refractivity contribution in [3.8, 4) is 17.1 Å². The van der Waals surface area contributed by atoms with E-state index in [2.05, 4.69) is 17.2 Å². The van der Waals surface area contributed by atoms with E-state index in [1.54, 1.807) is 12.1 Å². The lowest BCUT2D eigenvalue weighted by atomic mass is 10.1. The third-order valence-corrected chi connectivity index (χ3v) is 5.14. The van der Waals surface area contributed by atoms with Gasteiger partial charge in [0.25, 0.3) is 0 Å². The first kappa shape index (κ1) is 19.9. The highest BCUT2D eigenvalue weighted by molar-refractivity contribution is 5.80. The lowest BCUT2D eigenvalue weighted by Gasteiger charge is -2.12. The fourth-order valence-corrected chi connectivity index (χ4v) is 3.67. The van der Waals surface area contributed by atoms with Crippen LogP contribution in [0.5, 0.6) is 5.75 Å². The largest absolute Gasteiger partial charge is 0.493 e. The Morgan fingerprint density at radius 1 is 0.933 bits per heavy atom. The number of aryl methyl sites for hydroxylation is 1. The molecule has 0 aliphatic carbocycles. The summed E-state index contributed by atoms with van der Waals surface area (Å²) in [5.74, 6) is 1.33. The predicted octanol–water partition coefficient (Wildman–Crippen LogP) is 6.43. The molecule has 0 amide bonds. The van der Waals surface area contributed by atoms with Crippen molar-refractivity contribution in [1.82, 2.24) is 9.55 Å². The van der Waals surface area contributed by atoms with Crippen molar-refractivity contribution in [2.24, 2.45) is 0 Å². The van der Waals surface area contributed by atoms with Gasteiger partial charge in [-0.2, -0.15) is 0 Å². The van der Waals surface area contributed by atoms with Crippen LogP contribution in [-0.4, -0.2) is 16.2 Å². The van der Waals surface area contributed by atoms with Crippen molar-refractivity contribution < 1.29 is 9.13 Å². The van der Waals surface area contributed by atoms with Gasteiger partial charge in [-0.3, -0.25) is 0 Å². The van der Waals surface area contributed by atoms with Crippen LogP contribution in [0, 0.1) is 5.82 Å². The first-order chi connectivity index (χ1) is 14.8. The van der Waals surface area contributed by atoms with Gasteiger partial charge in [0.05, 0.1) is 23.2 Å². The number of para-hydroxylation sites is 3. The highest BCUT2D eigenvalue weighted by Crippen LogP contribution is 2.27. The number of hydrogen-bond donors (Lipinski definition) is 0. The quantitative estimate of drug-likeness (QED) is 0.239. The monoisotopic (exact) mass is 400 g/mol. The average molecular weight is 400 g/mol. The Hall–Kier alpha value is -3.40.